The zero-order chi connectivity index (χ0) is 17.6. The highest BCUT2D eigenvalue weighted by Gasteiger charge is 2.10. The van der Waals surface area contributed by atoms with Gasteiger partial charge in [0, 0.05) is 11.8 Å². The molecule has 0 radical (unpaired) electrons. The molecule has 0 atom stereocenters. The van der Waals surface area contributed by atoms with Crippen molar-refractivity contribution in [3.05, 3.63) is 78.3 Å². The smallest absolute Gasteiger partial charge is 0.260 e. The third-order valence-corrected chi connectivity index (χ3v) is 3.49. The molecule has 3 aromatic rings. The van der Waals surface area contributed by atoms with Crippen molar-refractivity contribution in [2.24, 2.45) is 0 Å². The lowest BCUT2D eigenvalue weighted by Crippen LogP contribution is -2.33. The zero-order valence-electron chi connectivity index (χ0n) is 13.5. The first-order valence-electron chi connectivity index (χ1n) is 7.60. The summed E-state index contributed by atoms with van der Waals surface area (Å²) in [5, 5.41) is 5.77. The number of furan rings is 1. The molecule has 2 aromatic carbocycles. The van der Waals surface area contributed by atoms with Gasteiger partial charge in [0.25, 0.3) is 5.91 Å². The van der Waals surface area contributed by atoms with Crippen molar-refractivity contribution in [3.8, 4) is 11.5 Å². The molecular formula is C19H16N2O3S. The fourth-order valence-corrected chi connectivity index (χ4v) is 2.37. The minimum Gasteiger partial charge on any atom is -0.469 e. The van der Waals surface area contributed by atoms with Gasteiger partial charge in [-0.05, 0) is 49.5 Å². The number of hydrogen-bond acceptors (Lipinski definition) is 4. The van der Waals surface area contributed by atoms with E-state index < -0.39 is 0 Å². The van der Waals surface area contributed by atoms with E-state index >= 15 is 0 Å². The second-order valence-electron chi connectivity index (χ2n) is 5.30. The van der Waals surface area contributed by atoms with E-state index in [2.05, 4.69) is 10.6 Å². The van der Waals surface area contributed by atoms with E-state index in [9.17, 15) is 4.79 Å². The van der Waals surface area contributed by atoms with Gasteiger partial charge in [-0.25, -0.2) is 0 Å². The highest BCUT2D eigenvalue weighted by molar-refractivity contribution is 7.80. The molecule has 3 rings (SSSR count). The number of hydrogen-bond donors (Lipinski definition) is 2. The van der Waals surface area contributed by atoms with Crippen molar-refractivity contribution >= 4 is 28.9 Å². The number of rotatable bonds is 4. The van der Waals surface area contributed by atoms with E-state index in [-0.39, 0.29) is 11.0 Å². The molecular weight excluding hydrogens is 336 g/mol. The Bertz CT molecular complexity index is 890. The lowest BCUT2D eigenvalue weighted by molar-refractivity contribution is 0.0977. The summed E-state index contributed by atoms with van der Waals surface area (Å²) in [6, 6.07) is 18.4. The fourth-order valence-electron chi connectivity index (χ4n) is 2.16. The molecule has 0 aliphatic heterocycles. The van der Waals surface area contributed by atoms with Gasteiger partial charge >= 0.3 is 0 Å². The van der Waals surface area contributed by atoms with E-state index in [1.54, 1.807) is 19.1 Å². The van der Waals surface area contributed by atoms with Crippen LogP contribution in [0.15, 0.2) is 71.3 Å². The maximum atomic E-state index is 12.0. The molecule has 1 amide bonds. The van der Waals surface area contributed by atoms with Crippen molar-refractivity contribution in [3.63, 3.8) is 0 Å². The highest BCUT2D eigenvalue weighted by atomic mass is 32.1. The number of carbonyl (C=O) groups excluding carboxylic acids is 1. The minimum absolute atomic E-state index is 0.195. The van der Waals surface area contributed by atoms with Gasteiger partial charge in [-0.2, -0.15) is 0 Å². The number of carbonyl (C=O) groups is 1. The van der Waals surface area contributed by atoms with Crippen molar-refractivity contribution in [2.75, 3.05) is 5.32 Å². The largest absolute Gasteiger partial charge is 0.469 e. The molecule has 2 N–H and O–H groups in total. The zero-order valence-corrected chi connectivity index (χ0v) is 14.3. The number of amides is 1. The third-order valence-electron chi connectivity index (χ3n) is 3.29. The first-order chi connectivity index (χ1) is 12.1. The average molecular weight is 352 g/mol. The Morgan fingerprint density at radius 1 is 1.04 bits per heavy atom. The van der Waals surface area contributed by atoms with Crippen molar-refractivity contribution in [2.45, 2.75) is 6.92 Å². The molecule has 5 nitrogen and oxygen atoms in total. The number of benzene rings is 2. The van der Waals surface area contributed by atoms with Gasteiger partial charge in [0.15, 0.2) is 5.11 Å². The Morgan fingerprint density at radius 3 is 2.52 bits per heavy atom. The van der Waals surface area contributed by atoms with E-state index in [1.165, 1.54) is 6.26 Å². The highest BCUT2D eigenvalue weighted by Crippen LogP contribution is 2.23. The van der Waals surface area contributed by atoms with E-state index in [0.717, 1.165) is 5.75 Å². The normalized spacial score (nSPS) is 10.1. The van der Waals surface area contributed by atoms with Crippen molar-refractivity contribution < 1.29 is 13.9 Å². The predicted molar refractivity (Wildman–Crippen MR) is 100 cm³/mol. The Kier molecular flexibility index (Phi) is 5.11. The summed E-state index contributed by atoms with van der Waals surface area (Å²) in [6.07, 6.45) is 1.39. The van der Waals surface area contributed by atoms with Gasteiger partial charge in [0.1, 0.15) is 23.5 Å². The summed E-state index contributed by atoms with van der Waals surface area (Å²) < 4.78 is 10.9. The van der Waals surface area contributed by atoms with Gasteiger partial charge in [-0.15, -0.1) is 0 Å². The van der Waals surface area contributed by atoms with Crippen LogP contribution in [0.5, 0.6) is 11.5 Å². The third kappa shape index (κ3) is 4.68. The second kappa shape index (κ2) is 7.63. The lowest BCUT2D eigenvalue weighted by atomic mass is 10.3. The first-order valence-corrected chi connectivity index (χ1v) is 8.01. The summed E-state index contributed by atoms with van der Waals surface area (Å²) in [6.45, 7) is 1.77. The fraction of sp³-hybridized carbons (Fsp3) is 0.0526. The first kappa shape index (κ1) is 16.7. The molecule has 126 valence electrons. The molecule has 0 fully saturated rings. The van der Waals surface area contributed by atoms with Crippen LogP contribution in [0.3, 0.4) is 0 Å². The Labute approximate surface area is 150 Å². The molecule has 0 spiro atoms. The van der Waals surface area contributed by atoms with Crippen LogP contribution in [0.2, 0.25) is 0 Å². The summed E-state index contributed by atoms with van der Waals surface area (Å²) in [4.78, 5) is 12.0. The van der Waals surface area contributed by atoms with Gasteiger partial charge in [-0.3, -0.25) is 10.1 Å². The van der Waals surface area contributed by atoms with Crippen LogP contribution < -0.4 is 15.4 Å². The van der Waals surface area contributed by atoms with Gasteiger partial charge in [0.2, 0.25) is 0 Å². The number of para-hydroxylation sites is 1. The van der Waals surface area contributed by atoms with Gasteiger partial charge < -0.3 is 14.5 Å². The quantitative estimate of drug-likeness (QED) is 0.677. The molecule has 0 aliphatic carbocycles. The SMILES string of the molecule is Cc1cc(C(=O)NC(=S)Nc2cccc(Oc3ccccc3)c2)co1. The van der Waals surface area contributed by atoms with Crippen LogP contribution in [0.25, 0.3) is 0 Å². The van der Waals surface area contributed by atoms with Crippen LogP contribution in [0.4, 0.5) is 5.69 Å². The van der Waals surface area contributed by atoms with Crippen LogP contribution >= 0.6 is 12.2 Å². The van der Waals surface area contributed by atoms with Crippen molar-refractivity contribution in [1.29, 1.82) is 0 Å². The second-order valence-corrected chi connectivity index (χ2v) is 5.71. The Morgan fingerprint density at radius 2 is 1.80 bits per heavy atom. The van der Waals surface area contributed by atoms with Crippen LogP contribution in [-0.2, 0) is 0 Å². The number of ether oxygens (including phenoxy) is 1. The number of aryl methyl sites for hydroxylation is 1. The van der Waals surface area contributed by atoms with E-state index in [4.69, 9.17) is 21.4 Å². The maximum absolute atomic E-state index is 12.0. The van der Waals surface area contributed by atoms with Crippen molar-refractivity contribution in [1.82, 2.24) is 5.32 Å². The molecule has 6 heteroatoms. The standard InChI is InChI=1S/C19H16N2O3S/c1-13-10-14(12-23-13)18(22)21-19(25)20-15-6-5-9-17(11-15)24-16-7-3-2-4-8-16/h2-12H,1H3,(H2,20,21,22,25). The van der Waals surface area contributed by atoms with Gasteiger partial charge in [0.05, 0.1) is 5.56 Å². The van der Waals surface area contributed by atoms with E-state index in [0.29, 0.717) is 22.8 Å². The van der Waals surface area contributed by atoms with Crippen LogP contribution in [-0.4, -0.2) is 11.0 Å². The summed E-state index contributed by atoms with van der Waals surface area (Å²) in [5.74, 6) is 1.74. The summed E-state index contributed by atoms with van der Waals surface area (Å²) >= 11 is 5.18. The number of anilines is 1. The maximum Gasteiger partial charge on any atom is 0.260 e. The van der Waals surface area contributed by atoms with Crippen LogP contribution in [0, 0.1) is 6.92 Å². The molecule has 0 unspecified atom stereocenters. The monoisotopic (exact) mass is 352 g/mol. The number of thiocarbonyl (C=S) groups is 1. The summed E-state index contributed by atoms with van der Waals surface area (Å²) in [5.41, 5.74) is 1.13. The molecule has 1 heterocycles. The molecule has 0 saturated carbocycles. The lowest BCUT2D eigenvalue weighted by Gasteiger charge is -2.11. The summed E-state index contributed by atoms with van der Waals surface area (Å²) in [7, 11) is 0. The minimum atomic E-state index is -0.328. The molecule has 0 aliphatic rings. The molecule has 25 heavy (non-hydrogen) atoms. The molecule has 1 aromatic heterocycles. The number of nitrogens with one attached hydrogen (secondary N) is 2. The predicted octanol–water partition coefficient (Wildman–Crippen LogP) is 4.51. The average Bonchev–Trinajstić information content (AvgIpc) is 3.02. The topological polar surface area (TPSA) is 63.5 Å². The Balaban J connectivity index is 1.61. The molecule has 0 saturated heterocycles. The van der Waals surface area contributed by atoms with Gasteiger partial charge in [-0.1, -0.05) is 24.3 Å². The Hall–Kier alpha value is -3.12. The van der Waals surface area contributed by atoms with Crippen LogP contribution in [0.1, 0.15) is 16.1 Å². The molecule has 0 bridgehead atoms. The van der Waals surface area contributed by atoms with E-state index in [1.807, 2.05) is 48.5 Å².